The van der Waals surface area contributed by atoms with E-state index in [0.717, 1.165) is 24.7 Å². The molecule has 0 bridgehead atoms. The normalized spacial score (nSPS) is 21.2. The van der Waals surface area contributed by atoms with E-state index in [0.29, 0.717) is 13.2 Å². The molecule has 1 unspecified atom stereocenters. The highest BCUT2D eigenvalue weighted by Gasteiger charge is 2.29. The molecular weight excluding hydrogens is 294 g/mol. The first kappa shape index (κ1) is 15.6. The molecule has 0 amide bonds. The second kappa shape index (κ2) is 7.85. The van der Waals surface area contributed by atoms with Crippen LogP contribution < -0.4 is 15.0 Å². The lowest BCUT2D eigenvalue weighted by Gasteiger charge is -2.40. The molecule has 2 aromatic rings. The molecule has 122 valence electrons. The largest absolute Gasteiger partial charge is 0.490 e. The number of ether oxygens (including phenoxy) is 2. The first-order valence-electron chi connectivity index (χ1n) is 7.75. The SMILES string of the molecule is C[C@@H]1C(OCCOc2cccnc2)NCCN1c1cnccn1. The van der Waals surface area contributed by atoms with Gasteiger partial charge in [0.15, 0.2) is 0 Å². The third-order valence-corrected chi connectivity index (χ3v) is 3.76. The summed E-state index contributed by atoms with van der Waals surface area (Å²) < 4.78 is 11.5. The van der Waals surface area contributed by atoms with Crippen molar-refractivity contribution in [3.8, 4) is 5.75 Å². The van der Waals surface area contributed by atoms with E-state index in [1.807, 2.05) is 12.1 Å². The minimum atomic E-state index is -0.0664. The Kier molecular flexibility index (Phi) is 5.33. The number of pyridine rings is 1. The minimum Gasteiger partial charge on any atom is -0.490 e. The van der Waals surface area contributed by atoms with E-state index in [4.69, 9.17) is 9.47 Å². The molecule has 3 rings (SSSR count). The highest BCUT2D eigenvalue weighted by atomic mass is 16.5. The third kappa shape index (κ3) is 4.14. The summed E-state index contributed by atoms with van der Waals surface area (Å²) in [7, 11) is 0. The Morgan fingerprint density at radius 3 is 2.91 bits per heavy atom. The summed E-state index contributed by atoms with van der Waals surface area (Å²) >= 11 is 0. The van der Waals surface area contributed by atoms with Gasteiger partial charge in [0, 0.05) is 31.7 Å². The summed E-state index contributed by atoms with van der Waals surface area (Å²) in [4.78, 5) is 14.7. The van der Waals surface area contributed by atoms with Crippen LogP contribution in [0.5, 0.6) is 5.75 Å². The number of rotatable bonds is 6. The maximum Gasteiger partial charge on any atom is 0.147 e. The predicted molar refractivity (Wildman–Crippen MR) is 86.3 cm³/mol. The van der Waals surface area contributed by atoms with Gasteiger partial charge in [-0.25, -0.2) is 4.98 Å². The first-order chi connectivity index (χ1) is 11.3. The van der Waals surface area contributed by atoms with Crippen LogP contribution in [0.25, 0.3) is 0 Å². The van der Waals surface area contributed by atoms with Crippen molar-refractivity contribution < 1.29 is 9.47 Å². The first-order valence-corrected chi connectivity index (χ1v) is 7.75. The Hall–Kier alpha value is -2.25. The predicted octanol–water partition coefficient (Wildman–Crippen LogP) is 1.09. The average molecular weight is 315 g/mol. The van der Waals surface area contributed by atoms with Crippen LogP contribution in [0.3, 0.4) is 0 Å². The molecular formula is C16H21N5O2. The van der Waals surface area contributed by atoms with Crippen LogP contribution in [0, 0.1) is 0 Å². The summed E-state index contributed by atoms with van der Waals surface area (Å²) in [6.45, 7) is 4.83. The van der Waals surface area contributed by atoms with Crippen LogP contribution in [0.2, 0.25) is 0 Å². The van der Waals surface area contributed by atoms with Crippen LogP contribution in [0.4, 0.5) is 5.82 Å². The zero-order valence-corrected chi connectivity index (χ0v) is 13.1. The standard InChI is InChI=1S/C16H21N5O2/c1-13-16(23-10-9-22-14-3-2-4-17-11-14)20-7-8-21(13)15-12-18-5-6-19-15/h2-6,11-13,16,20H,7-10H2,1H3/t13-,16?/m1/s1. The average Bonchev–Trinajstić information content (AvgIpc) is 2.61. The van der Waals surface area contributed by atoms with Crippen molar-refractivity contribution >= 4 is 5.82 Å². The molecule has 2 aromatic heterocycles. The molecule has 3 heterocycles. The Morgan fingerprint density at radius 1 is 1.22 bits per heavy atom. The molecule has 0 spiro atoms. The molecule has 0 aliphatic carbocycles. The summed E-state index contributed by atoms with van der Waals surface area (Å²) in [6.07, 6.45) is 8.52. The third-order valence-electron chi connectivity index (χ3n) is 3.76. The molecule has 7 nitrogen and oxygen atoms in total. The van der Waals surface area contributed by atoms with Crippen molar-refractivity contribution in [3.05, 3.63) is 43.1 Å². The van der Waals surface area contributed by atoms with Gasteiger partial charge in [0.1, 0.15) is 24.4 Å². The van der Waals surface area contributed by atoms with Crippen molar-refractivity contribution in [2.24, 2.45) is 0 Å². The van der Waals surface area contributed by atoms with Crippen LogP contribution in [0.1, 0.15) is 6.92 Å². The van der Waals surface area contributed by atoms with Crippen LogP contribution >= 0.6 is 0 Å². The number of hydrogen-bond donors (Lipinski definition) is 1. The molecule has 2 atom stereocenters. The number of nitrogens with zero attached hydrogens (tertiary/aromatic N) is 4. The molecule has 0 saturated carbocycles. The topological polar surface area (TPSA) is 72.4 Å². The molecule has 0 radical (unpaired) electrons. The molecule has 1 N–H and O–H groups in total. The molecule has 7 heteroatoms. The van der Waals surface area contributed by atoms with E-state index in [1.165, 1.54) is 0 Å². The molecule has 23 heavy (non-hydrogen) atoms. The van der Waals surface area contributed by atoms with Gasteiger partial charge in [-0.05, 0) is 19.1 Å². The van der Waals surface area contributed by atoms with Crippen LogP contribution in [-0.4, -0.2) is 53.5 Å². The van der Waals surface area contributed by atoms with Gasteiger partial charge >= 0.3 is 0 Å². The van der Waals surface area contributed by atoms with Crippen molar-refractivity contribution in [1.29, 1.82) is 0 Å². The summed E-state index contributed by atoms with van der Waals surface area (Å²) in [5, 5.41) is 3.39. The summed E-state index contributed by atoms with van der Waals surface area (Å²) in [6, 6.07) is 3.89. The Bertz CT molecular complexity index is 584. The van der Waals surface area contributed by atoms with E-state index in [2.05, 4.69) is 32.1 Å². The molecule has 0 aromatic carbocycles. The fourth-order valence-corrected chi connectivity index (χ4v) is 2.59. The highest BCUT2D eigenvalue weighted by Crippen LogP contribution is 2.17. The Labute approximate surface area is 135 Å². The zero-order valence-electron chi connectivity index (χ0n) is 13.1. The molecule has 1 fully saturated rings. The van der Waals surface area contributed by atoms with Gasteiger partial charge in [-0.3, -0.25) is 15.3 Å². The van der Waals surface area contributed by atoms with Gasteiger partial charge in [-0.1, -0.05) is 0 Å². The van der Waals surface area contributed by atoms with E-state index in [-0.39, 0.29) is 12.3 Å². The van der Waals surface area contributed by atoms with Gasteiger partial charge in [-0.15, -0.1) is 0 Å². The summed E-state index contributed by atoms with van der Waals surface area (Å²) in [5.41, 5.74) is 0. The monoisotopic (exact) mass is 315 g/mol. The van der Waals surface area contributed by atoms with Gasteiger partial charge < -0.3 is 14.4 Å². The smallest absolute Gasteiger partial charge is 0.147 e. The van der Waals surface area contributed by atoms with Crippen molar-refractivity contribution in [1.82, 2.24) is 20.3 Å². The van der Waals surface area contributed by atoms with Crippen LogP contribution in [0.15, 0.2) is 43.1 Å². The lowest BCUT2D eigenvalue weighted by molar-refractivity contribution is -0.00735. The lowest BCUT2D eigenvalue weighted by atomic mass is 10.2. The van der Waals surface area contributed by atoms with Gasteiger partial charge in [0.2, 0.25) is 0 Å². The second-order valence-corrected chi connectivity index (χ2v) is 5.28. The Morgan fingerprint density at radius 2 is 2.13 bits per heavy atom. The van der Waals surface area contributed by atoms with Gasteiger partial charge in [-0.2, -0.15) is 0 Å². The highest BCUT2D eigenvalue weighted by molar-refractivity contribution is 5.37. The molecule has 1 saturated heterocycles. The van der Waals surface area contributed by atoms with E-state index in [1.54, 1.807) is 31.0 Å². The van der Waals surface area contributed by atoms with E-state index < -0.39 is 0 Å². The number of nitrogens with one attached hydrogen (secondary N) is 1. The fourth-order valence-electron chi connectivity index (χ4n) is 2.59. The van der Waals surface area contributed by atoms with Crippen molar-refractivity contribution in [2.45, 2.75) is 19.2 Å². The van der Waals surface area contributed by atoms with Crippen LogP contribution in [-0.2, 0) is 4.74 Å². The Balaban J connectivity index is 1.48. The maximum absolute atomic E-state index is 5.92. The second-order valence-electron chi connectivity index (χ2n) is 5.28. The lowest BCUT2D eigenvalue weighted by Crippen LogP contribution is -2.58. The quantitative estimate of drug-likeness (QED) is 0.800. The van der Waals surface area contributed by atoms with Crippen molar-refractivity contribution in [2.75, 3.05) is 31.2 Å². The van der Waals surface area contributed by atoms with Crippen molar-refractivity contribution in [3.63, 3.8) is 0 Å². The molecule has 1 aliphatic rings. The number of piperazine rings is 1. The van der Waals surface area contributed by atoms with Gasteiger partial charge in [0.25, 0.3) is 0 Å². The fraction of sp³-hybridized carbons (Fsp3) is 0.438. The van der Waals surface area contributed by atoms with Gasteiger partial charge in [0.05, 0.1) is 25.0 Å². The molecule has 1 aliphatic heterocycles. The number of anilines is 1. The number of hydrogen-bond acceptors (Lipinski definition) is 7. The maximum atomic E-state index is 5.92. The minimum absolute atomic E-state index is 0.0664. The number of aromatic nitrogens is 3. The zero-order chi connectivity index (χ0) is 15.9. The van der Waals surface area contributed by atoms with E-state index in [9.17, 15) is 0 Å². The summed E-state index contributed by atoms with van der Waals surface area (Å²) in [5.74, 6) is 1.63. The van der Waals surface area contributed by atoms with E-state index >= 15 is 0 Å².